The molecular weight excluding hydrogens is 185 g/mol. The lowest BCUT2D eigenvalue weighted by atomic mass is 10.4. The van der Waals surface area contributed by atoms with Crippen molar-refractivity contribution in [3.05, 3.63) is 18.0 Å². The van der Waals surface area contributed by atoms with Crippen LogP contribution in [0.4, 0.5) is 13.2 Å². The van der Waals surface area contributed by atoms with Crippen molar-refractivity contribution in [2.24, 2.45) is 0 Å². The van der Waals surface area contributed by atoms with E-state index in [-0.39, 0.29) is 6.01 Å². The van der Waals surface area contributed by atoms with Gasteiger partial charge in [0.2, 0.25) is 0 Å². The Morgan fingerprint density at radius 3 is 2.69 bits per heavy atom. The quantitative estimate of drug-likeness (QED) is 0.710. The molecule has 6 heteroatoms. The van der Waals surface area contributed by atoms with Crippen molar-refractivity contribution < 1.29 is 17.9 Å². The monoisotopic (exact) mass is 191 g/mol. The van der Waals surface area contributed by atoms with E-state index in [1.807, 2.05) is 0 Å². The number of aryl methyl sites for hydroxylation is 1. The molecule has 1 aromatic heterocycles. The molecule has 1 radical (unpaired) electrons. The first kappa shape index (κ1) is 9.76. The Hall–Kier alpha value is -1.33. The summed E-state index contributed by atoms with van der Waals surface area (Å²) in [4.78, 5) is 6.94. The average Bonchev–Trinajstić information content (AvgIpc) is 2.02. The third kappa shape index (κ3) is 3.73. The molecule has 0 aliphatic heterocycles. The topological polar surface area (TPSA) is 35.0 Å². The number of nitrogens with zero attached hydrogens (tertiary/aromatic N) is 2. The highest BCUT2D eigenvalue weighted by Gasteiger charge is 2.28. The fraction of sp³-hybridized carbons (Fsp3) is 0.429. The molecule has 0 saturated heterocycles. The van der Waals surface area contributed by atoms with Crippen LogP contribution >= 0.6 is 0 Å². The minimum absolute atomic E-state index is 0.317. The molecule has 0 aromatic carbocycles. The van der Waals surface area contributed by atoms with Gasteiger partial charge in [0.25, 0.3) is 0 Å². The van der Waals surface area contributed by atoms with Crippen LogP contribution in [0.5, 0.6) is 6.01 Å². The van der Waals surface area contributed by atoms with Crippen molar-refractivity contribution >= 4 is 0 Å². The van der Waals surface area contributed by atoms with Crippen LogP contribution in [0.25, 0.3) is 0 Å². The van der Waals surface area contributed by atoms with Gasteiger partial charge in [0, 0.05) is 6.20 Å². The van der Waals surface area contributed by atoms with Crippen LogP contribution in [-0.2, 0) is 0 Å². The second-order valence-corrected chi connectivity index (χ2v) is 2.35. The Bertz CT molecular complexity index is 270. The molecule has 71 valence electrons. The molecule has 0 fully saturated rings. The summed E-state index contributed by atoms with van der Waals surface area (Å²) >= 11 is 0. The highest BCUT2D eigenvalue weighted by molar-refractivity contribution is 5.02. The molecule has 0 amide bonds. The third-order valence-electron chi connectivity index (χ3n) is 1.06. The summed E-state index contributed by atoms with van der Waals surface area (Å²) in [5.41, 5.74) is 0.638. The fourth-order valence-electron chi connectivity index (χ4n) is 0.562. The van der Waals surface area contributed by atoms with Crippen LogP contribution in [0.2, 0.25) is 0 Å². The van der Waals surface area contributed by atoms with Crippen LogP contribution < -0.4 is 4.74 Å². The van der Waals surface area contributed by atoms with Gasteiger partial charge in [0.15, 0.2) is 6.61 Å². The highest BCUT2D eigenvalue weighted by atomic mass is 19.4. The van der Waals surface area contributed by atoms with Gasteiger partial charge in [-0.1, -0.05) is 0 Å². The van der Waals surface area contributed by atoms with Gasteiger partial charge in [0.05, 0.1) is 6.20 Å². The van der Waals surface area contributed by atoms with E-state index < -0.39 is 12.8 Å². The van der Waals surface area contributed by atoms with Gasteiger partial charge in [-0.25, -0.2) is 4.98 Å². The third-order valence-corrected chi connectivity index (χ3v) is 1.06. The number of rotatable bonds is 2. The molecule has 1 aromatic rings. The van der Waals surface area contributed by atoms with E-state index in [1.54, 1.807) is 6.92 Å². The Morgan fingerprint density at radius 2 is 2.23 bits per heavy atom. The number of ether oxygens (including phenoxy) is 1. The second-order valence-electron chi connectivity index (χ2n) is 2.35. The van der Waals surface area contributed by atoms with Crippen LogP contribution in [0, 0.1) is 13.1 Å². The molecular formula is C7H6F3N2O. The number of hydrogen-bond acceptors (Lipinski definition) is 3. The second kappa shape index (κ2) is 3.59. The first-order valence-electron chi connectivity index (χ1n) is 3.38. The minimum atomic E-state index is -4.37. The van der Waals surface area contributed by atoms with Gasteiger partial charge in [-0.3, -0.25) is 0 Å². The molecule has 0 aliphatic rings. The average molecular weight is 191 g/mol. The van der Waals surface area contributed by atoms with E-state index in [0.717, 1.165) is 0 Å². The van der Waals surface area contributed by atoms with E-state index in [1.165, 1.54) is 6.20 Å². The van der Waals surface area contributed by atoms with E-state index in [2.05, 4.69) is 20.9 Å². The van der Waals surface area contributed by atoms with Crippen molar-refractivity contribution in [1.82, 2.24) is 9.97 Å². The number of aromatic nitrogens is 2. The number of halogens is 3. The van der Waals surface area contributed by atoms with E-state index in [4.69, 9.17) is 0 Å². The van der Waals surface area contributed by atoms with Crippen molar-refractivity contribution in [2.75, 3.05) is 6.61 Å². The lowest BCUT2D eigenvalue weighted by Gasteiger charge is -2.06. The van der Waals surface area contributed by atoms with Crippen LogP contribution in [-0.4, -0.2) is 22.8 Å². The minimum Gasteiger partial charge on any atom is -0.454 e. The summed E-state index contributed by atoms with van der Waals surface area (Å²) in [6, 6.07) is -0.317. The maximum Gasteiger partial charge on any atom is 0.422 e. The molecule has 0 bridgehead atoms. The van der Waals surface area contributed by atoms with E-state index in [0.29, 0.717) is 5.56 Å². The summed E-state index contributed by atoms with van der Waals surface area (Å²) < 4.78 is 39.1. The predicted octanol–water partition coefficient (Wildman–Crippen LogP) is 1.53. The Balaban J connectivity index is 2.51. The van der Waals surface area contributed by atoms with Gasteiger partial charge in [-0.05, 0) is 12.5 Å². The zero-order valence-electron chi connectivity index (χ0n) is 6.72. The standard InChI is InChI=1S/C7H6F3N2O/c1-5-2-11-6(12-3-5)13-4-7(8,9)10/h2H,4H2,1H3. The summed E-state index contributed by atoms with van der Waals surface area (Å²) in [6.45, 7) is 0.289. The smallest absolute Gasteiger partial charge is 0.422 e. The van der Waals surface area contributed by atoms with E-state index >= 15 is 0 Å². The maximum absolute atomic E-state index is 11.6. The van der Waals surface area contributed by atoms with Crippen molar-refractivity contribution in [3.8, 4) is 6.01 Å². The number of alkyl halides is 3. The van der Waals surface area contributed by atoms with Gasteiger partial charge in [-0.15, -0.1) is 0 Å². The fourth-order valence-corrected chi connectivity index (χ4v) is 0.562. The molecule has 0 atom stereocenters. The largest absolute Gasteiger partial charge is 0.454 e. The molecule has 0 spiro atoms. The summed E-state index contributed by atoms with van der Waals surface area (Å²) in [7, 11) is 0. The Morgan fingerprint density at radius 1 is 1.54 bits per heavy atom. The zero-order valence-corrected chi connectivity index (χ0v) is 6.72. The first-order chi connectivity index (χ1) is 5.97. The van der Waals surface area contributed by atoms with Crippen molar-refractivity contribution in [3.63, 3.8) is 0 Å². The molecule has 1 heterocycles. The normalized spacial score (nSPS) is 11.4. The Kier molecular flexibility index (Phi) is 2.69. The summed E-state index contributed by atoms with van der Waals surface area (Å²) in [6.07, 6.45) is -0.603. The molecule has 0 aliphatic carbocycles. The maximum atomic E-state index is 11.6. The van der Waals surface area contributed by atoms with Crippen LogP contribution in [0.15, 0.2) is 6.20 Å². The number of hydrogen-bond donors (Lipinski definition) is 0. The molecule has 0 N–H and O–H groups in total. The van der Waals surface area contributed by atoms with Gasteiger partial charge >= 0.3 is 12.2 Å². The Labute approximate surface area is 72.6 Å². The molecule has 0 saturated carbocycles. The zero-order chi connectivity index (χ0) is 9.90. The summed E-state index contributed by atoms with van der Waals surface area (Å²) in [5.74, 6) is 0. The van der Waals surface area contributed by atoms with Crippen LogP contribution in [0.1, 0.15) is 5.56 Å². The van der Waals surface area contributed by atoms with Gasteiger partial charge in [-0.2, -0.15) is 18.2 Å². The van der Waals surface area contributed by atoms with Crippen molar-refractivity contribution in [2.45, 2.75) is 13.1 Å². The molecule has 0 unspecified atom stereocenters. The van der Waals surface area contributed by atoms with Crippen LogP contribution in [0.3, 0.4) is 0 Å². The lowest BCUT2D eigenvalue weighted by Crippen LogP contribution is -2.20. The summed E-state index contributed by atoms with van der Waals surface area (Å²) in [5, 5.41) is 0. The molecule has 13 heavy (non-hydrogen) atoms. The van der Waals surface area contributed by atoms with Gasteiger partial charge < -0.3 is 4.74 Å². The van der Waals surface area contributed by atoms with Gasteiger partial charge in [0.1, 0.15) is 0 Å². The molecule has 3 nitrogen and oxygen atoms in total. The first-order valence-corrected chi connectivity index (χ1v) is 3.38. The molecule has 1 rings (SSSR count). The van der Waals surface area contributed by atoms with E-state index in [9.17, 15) is 13.2 Å². The SMILES string of the molecule is Cc1[c]nc(OCC(F)(F)F)nc1. The predicted molar refractivity (Wildman–Crippen MR) is 37.2 cm³/mol. The lowest BCUT2D eigenvalue weighted by molar-refractivity contribution is -0.154. The highest BCUT2D eigenvalue weighted by Crippen LogP contribution is 2.15. The van der Waals surface area contributed by atoms with Crippen molar-refractivity contribution in [1.29, 1.82) is 0 Å².